The average molecular weight is 331 g/mol. The van der Waals surface area contributed by atoms with Crippen LogP contribution in [0.1, 0.15) is 33.0 Å². The molecule has 1 atom stereocenters. The molecule has 3 N–H and O–H groups in total. The molecular weight excluding hydrogens is 310 g/mol. The number of nitrogens with two attached hydrogens (primary N) is 1. The van der Waals surface area contributed by atoms with Crippen molar-refractivity contribution in [2.24, 2.45) is 5.73 Å². The number of aliphatic hydroxyl groups is 1. The summed E-state index contributed by atoms with van der Waals surface area (Å²) in [5.41, 5.74) is 9.64. The van der Waals surface area contributed by atoms with E-state index in [2.05, 4.69) is 24.3 Å². The Morgan fingerprint density at radius 3 is 1.64 bits per heavy atom. The van der Waals surface area contributed by atoms with E-state index in [1.165, 1.54) is 11.1 Å². The molecule has 3 aromatic rings. The van der Waals surface area contributed by atoms with Crippen molar-refractivity contribution in [1.29, 1.82) is 0 Å². The Labute approximate surface area is 147 Å². The van der Waals surface area contributed by atoms with Crippen molar-refractivity contribution in [3.05, 3.63) is 107 Å². The third-order valence-corrected chi connectivity index (χ3v) is 4.33. The summed E-state index contributed by atoms with van der Waals surface area (Å²) in [6, 6.07) is 27.2. The molecule has 0 saturated carbocycles. The largest absolute Gasteiger partial charge is 0.394 e. The number of hydrogen-bond acceptors (Lipinski definition) is 3. The van der Waals surface area contributed by atoms with E-state index in [0.717, 1.165) is 5.56 Å². The number of carbonyl (C=O) groups excluding carboxylic acids is 1. The van der Waals surface area contributed by atoms with Crippen LogP contribution in [0.2, 0.25) is 0 Å². The Kier molecular flexibility index (Phi) is 5.39. The zero-order valence-corrected chi connectivity index (χ0v) is 13.9. The molecule has 126 valence electrons. The second-order valence-corrected chi connectivity index (χ2v) is 6.03. The van der Waals surface area contributed by atoms with E-state index in [9.17, 15) is 4.79 Å². The van der Waals surface area contributed by atoms with Crippen molar-refractivity contribution in [1.82, 2.24) is 0 Å². The maximum absolute atomic E-state index is 12.1. The van der Waals surface area contributed by atoms with Crippen LogP contribution in [0.15, 0.2) is 84.9 Å². The van der Waals surface area contributed by atoms with Gasteiger partial charge in [-0.3, -0.25) is 4.79 Å². The van der Waals surface area contributed by atoms with Crippen molar-refractivity contribution in [3.63, 3.8) is 0 Å². The van der Waals surface area contributed by atoms with E-state index in [1.807, 2.05) is 48.5 Å². The summed E-state index contributed by atoms with van der Waals surface area (Å²) in [4.78, 5) is 12.1. The highest BCUT2D eigenvalue weighted by Crippen LogP contribution is 2.31. The lowest BCUT2D eigenvalue weighted by molar-refractivity contribution is 0.0925. The van der Waals surface area contributed by atoms with Gasteiger partial charge in [-0.1, -0.05) is 84.9 Å². The highest BCUT2D eigenvalue weighted by atomic mass is 16.3. The van der Waals surface area contributed by atoms with Gasteiger partial charge in [-0.15, -0.1) is 0 Å². The van der Waals surface area contributed by atoms with E-state index in [4.69, 9.17) is 10.8 Å². The Morgan fingerprint density at radius 1 is 0.760 bits per heavy atom. The maximum atomic E-state index is 12.1. The first kappa shape index (κ1) is 17.1. The van der Waals surface area contributed by atoms with Gasteiger partial charge in [0, 0.05) is 11.5 Å². The molecule has 0 saturated heterocycles. The minimum atomic E-state index is -0.870. The van der Waals surface area contributed by atoms with Gasteiger partial charge in [-0.25, -0.2) is 0 Å². The van der Waals surface area contributed by atoms with Crippen LogP contribution in [0.3, 0.4) is 0 Å². The summed E-state index contributed by atoms with van der Waals surface area (Å²) in [7, 11) is 0. The summed E-state index contributed by atoms with van der Waals surface area (Å²) in [5, 5.41) is 9.06. The molecule has 0 unspecified atom stereocenters. The minimum absolute atomic E-state index is 0.0954. The third kappa shape index (κ3) is 3.85. The zero-order chi connectivity index (χ0) is 17.6. The lowest BCUT2D eigenvalue weighted by Crippen LogP contribution is -2.33. The lowest BCUT2D eigenvalue weighted by atomic mass is 9.84. The van der Waals surface area contributed by atoms with Crippen LogP contribution >= 0.6 is 0 Å². The molecule has 0 spiro atoms. The Balaban J connectivity index is 1.99. The first-order valence-electron chi connectivity index (χ1n) is 8.31. The fourth-order valence-electron chi connectivity index (χ4n) is 3.01. The number of aliphatic hydroxyl groups excluding tert-OH is 1. The van der Waals surface area contributed by atoms with Gasteiger partial charge in [-0.05, 0) is 16.7 Å². The highest BCUT2D eigenvalue weighted by molar-refractivity contribution is 6.00. The van der Waals surface area contributed by atoms with E-state index in [1.54, 1.807) is 12.1 Å². The lowest BCUT2D eigenvalue weighted by Gasteiger charge is -2.19. The van der Waals surface area contributed by atoms with Crippen LogP contribution in [-0.4, -0.2) is 23.5 Å². The Hall–Kier alpha value is -2.75. The summed E-state index contributed by atoms with van der Waals surface area (Å²) in [5.74, 6) is -0.150. The van der Waals surface area contributed by atoms with Crippen LogP contribution in [0.5, 0.6) is 0 Å². The third-order valence-electron chi connectivity index (χ3n) is 4.33. The van der Waals surface area contributed by atoms with Gasteiger partial charge < -0.3 is 10.8 Å². The highest BCUT2D eigenvalue weighted by Gasteiger charge is 2.18. The summed E-state index contributed by atoms with van der Waals surface area (Å²) < 4.78 is 0. The molecule has 3 heteroatoms. The molecule has 0 aromatic heterocycles. The molecule has 3 rings (SSSR count). The smallest absolute Gasteiger partial charge is 0.181 e. The van der Waals surface area contributed by atoms with Gasteiger partial charge in [0.1, 0.15) is 0 Å². The molecular formula is C22H21NO2. The standard InChI is InChI=1S/C22H21NO2/c23-20(15-24)22(25)19-13-11-18(12-14-19)21(16-7-3-1-4-8-16)17-9-5-2-6-10-17/h1-14,20-21,24H,15,23H2/t20-/m0/s1. The van der Waals surface area contributed by atoms with Gasteiger partial charge in [0.2, 0.25) is 0 Å². The monoisotopic (exact) mass is 331 g/mol. The number of benzene rings is 3. The van der Waals surface area contributed by atoms with Gasteiger partial charge in [0.15, 0.2) is 5.78 Å². The van der Waals surface area contributed by atoms with Gasteiger partial charge in [-0.2, -0.15) is 0 Å². The number of ketones is 1. The van der Waals surface area contributed by atoms with Gasteiger partial charge in [0.25, 0.3) is 0 Å². The Bertz CT molecular complexity index is 774. The van der Waals surface area contributed by atoms with Crippen LogP contribution in [0.25, 0.3) is 0 Å². The van der Waals surface area contributed by atoms with E-state index < -0.39 is 6.04 Å². The molecule has 3 nitrogen and oxygen atoms in total. The fourth-order valence-corrected chi connectivity index (χ4v) is 3.01. The second kappa shape index (κ2) is 7.88. The molecule has 0 fully saturated rings. The van der Waals surface area contributed by atoms with Crippen molar-refractivity contribution >= 4 is 5.78 Å². The fraction of sp³-hybridized carbons (Fsp3) is 0.136. The predicted molar refractivity (Wildman–Crippen MR) is 99.7 cm³/mol. The molecule has 0 amide bonds. The number of rotatable bonds is 6. The molecule has 0 bridgehead atoms. The minimum Gasteiger partial charge on any atom is -0.394 e. The van der Waals surface area contributed by atoms with Gasteiger partial charge >= 0.3 is 0 Å². The number of carbonyl (C=O) groups is 1. The molecule has 0 heterocycles. The quantitative estimate of drug-likeness (QED) is 0.538. The zero-order valence-electron chi connectivity index (χ0n) is 13.9. The molecule has 3 aromatic carbocycles. The van der Waals surface area contributed by atoms with E-state index >= 15 is 0 Å². The predicted octanol–water partition coefficient (Wildman–Crippen LogP) is 3.37. The first-order valence-corrected chi connectivity index (χ1v) is 8.31. The van der Waals surface area contributed by atoms with Crippen LogP contribution in [0.4, 0.5) is 0 Å². The van der Waals surface area contributed by atoms with Gasteiger partial charge in [0.05, 0.1) is 12.6 Å². The van der Waals surface area contributed by atoms with Crippen molar-refractivity contribution in [2.75, 3.05) is 6.61 Å². The van der Waals surface area contributed by atoms with E-state index in [0.29, 0.717) is 5.56 Å². The van der Waals surface area contributed by atoms with Crippen LogP contribution in [0, 0.1) is 0 Å². The Morgan fingerprint density at radius 2 is 1.20 bits per heavy atom. The molecule has 25 heavy (non-hydrogen) atoms. The van der Waals surface area contributed by atoms with Crippen molar-refractivity contribution in [2.45, 2.75) is 12.0 Å². The number of hydrogen-bond donors (Lipinski definition) is 2. The summed E-state index contributed by atoms with van der Waals surface area (Å²) >= 11 is 0. The maximum Gasteiger partial charge on any atom is 0.181 e. The summed E-state index contributed by atoms with van der Waals surface area (Å²) in [6.45, 7) is -0.350. The summed E-state index contributed by atoms with van der Waals surface area (Å²) in [6.07, 6.45) is 0. The molecule has 0 radical (unpaired) electrons. The molecule has 0 aliphatic rings. The SMILES string of the molecule is N[C@@H](CO)C(=O)c1ccc(C(c2ccccc2)c2ccccc2)cc1. The van der Waals surface area contributed by atoms with Crippen LogP contribution in [-0.2, 0) is 0 Å². The normalized spacial score (nSPS) is 12.1. The van der Waals surface area contributed by atoms with E-state index in [-0.39, 0.29) is 18.3 Å². The average Bonchev–Trinajstić information content (AvgIpc) is 2.69. The van der Waals surface area contributed by atoms with Crippen molar-refractivity contribution < 1.29 is 9.90 Å². The van der Waals surface area contributed by atoms with Crippen molar-refractivity contribution in [3.8, 4) is 0 Å². The molecule has 0 aliphatic carbocycles. The molecule has 0 aliphatic heterocycles. The van der Waals surface area contributed by atoms with Crippen LogP contribution < -0.4 is 5.73 Å². The second-order valence-electron chi connectivity index (χ2n) is 6.03. The topological polar surface area (TPSA) is 63.3 Å². The first-order chi connectivity index (χ1) is 12.2. The number of Topliss-reactive ketones (excluding diaryl/α,β-unsaturated/α-hetero) is 1.